The molecule has 1 aliphatic heterocycles. The highest BCUT2D eigenvalue weighted by Gasteiger charge is 2.29. The molecule has 1 aromatic rings. The predicted octanol–water partition coefficient (Wildman–Crippen LogP) is 2.79. The average molecular weight is 284 g/mol. The molecule has 0 spiro atoms. The summed E-state index contributed by atoms with van der Waals surface area (Å²) in [6.07, 6.45) is 2.69. The lowest BCUT2D eigenvalue weighted by atomic mass is 10.0. The average Bonchev–Trinajstić information content (AvgIpc) is 2.41. The van der Waals surface area contributed by atoms with Crippen LogP contribution >= 0.6 is 11.6 Å². The lowest BCUT2D eigenvalue weighted by molar-refractivity contribution is -0.144. The first-order valence-electron chi connectivity index (χ1n) is 6.41. The number of aliphatic carboxylic acids is 1. The summed E-state index contributed by atoms with van der Waals surface area (Å²) in [7, 11) is 1.60. The van der Waals surface area contributed by atoms with Crippen molar-refractivity contribution in [2.24, 2.45) is 0 Å². The third kappa shape index (κ3) is 3.19. The molecule has 0 radical (unpaired) electrons. The largest absolute Gasteiger partial charge is 0.496 e. The van der Waals surface area contributed by atoms with Crippen LogP contribution in [0.1, 0.15) is 24.8 Å². The monoisotopic (exact) mass is 283 g/mol. The molecule has 1 aromatic carbocycles. The van der Waals surface area contributed by atoms with Crippen LogP contribution in [0, 0.1) is 0 Å². The zero-order chi connectivity index (χ0) is 13.8. The van der Waals surface area contributed by atoms with Gasteiger partial charge in [-0.2, -0.15) is 0 Å². The highest BCUT2D eigenvalue weighted by atomic mass is 35.5. The number of benzene rings is 1. The molecule has 19 heavy (non-hydrogen) atoms. The van der Waals surface area contributed by atoms with Crippen molar-refractivity contribution in [2.75, 3.05) is 13.7 Å². The Hall–Kier alpha value is -1.26. The number of carboxylic acid groups (broad SMARTS) is 1. The molecule has 1 unspecified atom stereocenters. The van der Waals surface area contributed by atoms with E-state index in [4.69, 9.17) is 16.3 Å². The Labute approximate surface area is 117 Å². The number of hydrogen-bond acceptors (Lipinski definition) is 3. The third-order valence-electron chi connectivity index (χ3n) is 3.56. The molecule has 1 saturated heterocycles. The summed E-state index contributed by atoms with van der Waals surface area (Å²) in [5, 5.41) is 9.90. The summed E-state index contributed by atoms with van der Waals surface area (Å²) in [4.78, 5) is 13.3. The van der Waals surface area contributed by atoms with Gasteiger partial charge < -0.3 is 9.84 Å². The number of carboxylic acids is 1. The van der Waals surface area contributed by atoms with Crippen molar-refractivity contribution in [2.45, 2.75) is 31.8 Å². The Balaban J connectivity index is 2.21. The maximum Gasteiger partial charge on any atom is 0.320 e. The summed E-state index contributed by atoms with van der Waals surface area (Å²) in [5.41, 5.74) is 0.861. The number of rotatable bonds is 4. The summed E-state index contributed by atoms with van der Waals surface area (Å²) in [6, 6.07) is 5.06. The van der Waals surface area contributed by atoms with Gasteiger partial charge in [0.15, 0.2) is 0 Å². The fraction of sp³-hybridized carbons (Fsp3) is 0.500. The minimum absolute atomic E-state index is 0.422. The van der Waals surface area contributed by atoms with Crippen LogP contribution in [0.5, 0.6) is 5.75 Å². The van der Waals surface area contributed by atoms with Crippen LogP contribution < -0.4 is 4.74 Å². The minimum atomic E-state index is -0.759. The highest BCUT2D eigenvalue weighted by molar-refractivity contribution is 6.31. The Morgan fingerprint density at radius 2 is 2.32 bits per heavy atom. The first-order chi connectivity index (χ1) is 9.13. The molecule has 104 valence electrons. The second kappa shape index (κ2) is 6.26. The van der Waals surface area contributed by atoms with Crippen molar-refractivity contribution in [3.05, 3.63) is 28.8 Å². The van der Waals surface area contributed by atoms with Crippen LogP contribution in [-0.2, 0) is 11.3 Å². The van der Waals surface area contributed by atoms with Crippen molar-refractivity contribution in [3.63, 3.8) is 0 Å². The Bertz CT molecular complexity index is 464. The molecule has 1 aliphatic rings. The van der Waals surface area contributed by atoms with E-state index in [9.17, 15) is 9.90 Å². The van der Waals surface area contributed by atoms with Gasteiger partial charge >= 0.3 is 5.97 Å². The summed E-state index contributed by atoms with van der Waals surface area (Å²) in [6.45, 7) is 1.30. The van der Waals surface area contributed by atoms with Crippen molar-refractivity contribution < 1.29 is 14.6 Å². The van der Waals surface area contributed by atoms with Crippen molar-refractivity contribution >= 4 is 17.6 Å². The number of nitrogens with zero attached hydrogens (tertiary/aromatic N) is 1. The molecule has 2 rings (SSSR count). The van der Waals surface area contributed by atoms with Gasteiger partial charge in [0.25, 0.3) is 0 Å². The molecule has 0 aromatic heterocycles. The normalized spacial score (nSPS) is 20.2. The molecule has 1 fully saturated rings. The second-order valence-electron chi connectivity index (χ2n) is 4.74. The predicted molar refractivity (Wildman–Crippen MR) is 73.7 cm³/mol. The van der Waals surface area contributed by atoms with Crippen molar-refractivity contribution in [1.29, 1.82) is 0 Å². The van der Waals surface area contributed by atoms with Gasteiger partial charge in [-0.25, -0.2) is 0 Å². The maximum absolute atomic E-state index is 11.3. The molecule has 1 N–H and O–H groups in total. The van der Waals surface area contributed by atoms with E-state index >= 15 is 0 Å². The lowest BCUT2D eigenvalue weighted by Crippen LogP contribution is -2.44. The molecular formula is C14H18ClNO3. The number of likely N-dealkylation sites (tertiary alicyclic amines) is 1. The van der Waals surface area contributed by atoms with E-state index in [2.05, 4.69) is 0 Å². The van der Waals surface area contributed by atoms with Gasteiger partial charge in [-0.15, -0.1) is 0 Å². The van der Waals surface area contributed by atoms with Crippen molar-refractivity contribution in [1.82, 2.24) is 4.90 Å². The van der Waals surface area contributed by atoms with E-state index in [0.717, 1.165) is 24.9 Å². The molecule has 1 atom stereocenters. The molecule has 1 heterocycles. The quantitative estimate of drug-likeness (QED) is 0.923. The zero-order valence-electron chi connectivity index (χ0n) is 10.9. The van der Waals surface area contributed by atoms with E-state index in [-0.39, 0.29) is 0 Å². The number of carbonyl (C=O) groups is 1. The van der Waals surface area contributed by atoms with Crippen LogP contribution in [-0.4, -0.2) is 35.7 Å². The number of piperidine rings is 1. The number of hydrogen-bond donors (Lipinski definition) is 1. The van der Waals surface area contributed by atoms with E-state index in [1.807, 2.05) is 17.0 Å². The smallest absolute Gasteiger partial charge is 0.320 e. The summed E-state index contributed by atoms with van der Waals surface area (Å²) < 4.78 is 5.30. The molecule has 5 heteroatoms. The zero-order valence-corrected chi connectivity index (χ0v) is 11.7. The molecule has 0 aliphatic carbocycles. The first-order valence-corrected chi connectivity index (χ1v) is 6.79. The lowest BCUT2D eigenvalue weighted by Gasteiger charge is -2.33. The fourth-order valence-electron chi connectivity index (χ4n) is 2.55. The van der Waals surface area contributed by atoms with Gasteiger partial charge in [-0.3, -0.25) is 9.69 Å². The van der Waals surface area contributed by atoms with E-state index in [1.165, 1.54) is 0 Å². The summed E-state index contributed by atoms with van der Waals surface area (Å²) >= 11 is 6.20. The number of ether oxygens (including phenoxy) is 1. The Morgan fingerprint density at radius 1 is 1.53 bits per heavy atom. The van der Waals surface area contributed by atoms with Gasteiger partial charge in [0.1, 0.15) is 11.8 Å². The molecule has 0 amide bonds. The molecule has 0 bridgehead atoms. The standard InChI is InChI=1S/C14H18ClNO3/c1-19-13-7-4-5-11(15)10(13)9-16-8-3-2-6-12(16)14(17)18/h4-5,7,12H,2-3,6,8-9H2,1H3,(H,17,18). The number of methoxy groups -OCH3 is 1. The van der Waals surface area contributed by atoms with Crippen LogP contribution in [0.2, 0.25) is 5.02 Å². The van der Waals surface area contributed by atoms with E-state index in [0.29, 0.717) is 23.7 Å². The van der Waals surface area contributed by atoms with Gasteiger partial charge in [0.2, 0.25) is 0 Å². The highest BCUT2D eigenvalue weighted by Crippen LogP contribution is 2.30. The fourth-order valence-corrected chi connectivity index (χ4v) is 2.77. The molecule has 4 nitrogen and oxygen atoms in total. The van der Waals surface area contributed by atoms with E-state index in [1.54, 1.807) is 13.2 Å². The van der Waals surface area contributed by atoms with Crippen LogP contribution in [0.25, 0.3) is 0 Å². The van der Waals surface area contributed by atoms with Gasteiger partial charge in [0.05, 0.1) is 7.11 Å². The topological polar surface area (TPSA) is 49.8 Å². The SMILES string of the molecule is COc1cccc(Cl)c1CN1CCCCC1C(=O)O. The Kier molecular flexibility index (Phi) is 4.66. The van der Waals surface area contributed by atoms with Gasteiger partial charge in [-0.1, -0.05) is 24.1 Å². The van der Waals surface area contributed by atoms with Gasteiger partial charge in [0, 0.05) is 17.1 Å². The molecular weight excluding hydrogens is 266 g/mol. The Morgan fingerprint density at radius 3 is 3.00 bits per heavy atom. The minimum Gasteiger partial charge on any atom is -0.496 e. The van der Waals surface area contributed by atoms with Crippen LogP contribution in [0.4, 0.5) is 0 Å². The van der Waals surface area contributed by atoms with Crippen molar-refractivity contribution in [3.8, 4) is 5.75 Å². The number of halogens is 1. The van der Waals surface area contributed by atoms with E-state index < -0.39 is 12.0 Å². The molecule has 0 saturated carbocycles. The summed E-state index contributed by atoms with van der Waals surface area (Å²) in [5.74, 6) is -0.0482. The first kappa shape index (κ1) is 14.2. The second-order valence-corrected chi connectivity index (χ2v) is 5.15. The third-order valence-corrected chi connectivity index (χ3v) is 3.91. The van der Waals surface area contributed by atoms with Crippen LogP contribution in [0.3, 0.4) is 0 Å². The van der Waals surface area contributed by atoms with Gasteiger partial charge in [-0.05, 0) is 31.5 Å². The van der Waals surface area contributed by atoms with Crippen LogP contribution in [0.15, 0.2) is 18.2 Å². The maximum atomic E-state index is 11.3.